The van der Waals surface area contributed by atoms with Gasteiger partial charge in [-0.2, -0.15) is 0 Å². The van der Waals surface area contributed by atoms with Gasteiger partial charge in [0.15, 0.2) is 0 Å². The molecule has 0 spiro atoms. The van der Waals surface area contributed by atoms with Crippen molar-refractivity contribution >= 4 is 21.8 Å². The molecule has 0 aromatic heterocycles. The normalized spacial score (nSPS) is 31.8. The average molecular weight is 150 g/mol. The molecule has 0 aromatic carbocycles. The first-order chi connectivity index (χ1) is 2.89. The Kier molecular flexibility index (Phi) is 1.22. The Bertz CT molecular complexity index is 73.9. The Morgan fingerprint density at radius 3 is 3.00 bits per heavy atom. The van der Waals surface area contributed by atoms with Crippen molar-refractivity contribution in [3.63, 3.8) is 0 Å². The van der Waals surface area contributed by atoms with Gasteiger partial charge in [-0.25, -0.2) is 0 Å². The first-order valence-electron chi connectivity index (χ1n) is 1.61. The zero-order valence-electron chi connectivity index (χ0n) is 3.06. The molecule has 0 radical (unpaired) electrons. The SMILES string of the molecule is F[As]1N=CCN1. The molecule has 0 amide bonds. The molecule has 6 heavy (non-hydrogen) atoms. The summed E-state index contributed by atoms with van der Waals surface area (Å²) in [4.78, 5) is 0. The van der Waals surface area contributed by atoms with Gasteiger partial charge in [-0.05, 0) is 0 Å². The van der Waals surface area contributed by atoms with Crippen molar-refractivity contribution in [3.05, 3.63) is 0 Å². The van der Waals surface area contributed by atoms with Crippen LogP contribution in [0.4, 0.5) is 3.47 Å². The topological polar surface area (TPSA) is 24.4 Å². The van der Waals surface area contributed by atoms with Crippen LogP contribution in [0.5, 0.6) is 0 Å². The minimum absolute atomic E-state index is 0.635. The van der Waals surface area contributed by atoms with Crippen LogP contribution < -0.4 is 4.23 Å². The molecule has 0 fully saturated rings. The third-order valence-electron chi connectivity index (χ3n) is 0.496. The van der Waals surface area contributed by atoms with Crippen molar-refractivity contribution in [2.45, 2.75) is 0 Å². The third-order valence-corrected chi connectivity index (χ3v) is 2.19. The average Bonchev–Trinajstić information content (AvgIpc) is 1.86. The summed E-state index contributed by atoms with van der Waals surface area (Å²) in [5.41, 5.74) is 0. The van der Waals surface area contributed by atoms with Crippen molar-refractivity contribution in [2.24, 2.45) is 3.91 Å². The summed E-state index contributed by atoms with van der Waals surface area (Å²) in [5.74, 6) is 0. The standard InChI is InChI=1S/C2H4AsFN2/c4-3-5-1-2-6-3/h1,6H,2H2. The summed E-state index contributed by atoms with van der Waals surface area (Å²) >= 11 is -2.28. The van der Waals surface area contributed by atoms with Crippen molar-refractivity contribution in [2.75, 3.05) is 6.54 Å². The van der Waals surface area contributed by atoms with Gasteiger partial charge in [-0.15, -0.1) is 0 Å². The molecule has 0 bridgehead atoms. The first-order valence-corrected chi connectivity index (χ1v) is 4.10. The fourth-order valence-corrected chi connectivity index (χ4v) is 1.40. The van der Waals surface area contributed by atoms with Crippen molar-refractivity contribution in [1.29, 1.82) is 0 Å². The van der Waals surface area contributed by atoms with Gasteiger partial charge < -0.3 is 0 Å². The number of hydrogen-bond acceptors (Lipinski definition) is 2. The van der Waals surface area contributed by atoms with E-state index in [-0.39, 0.29) is 0 Å². The summed E-state index contributed by atoms with van der Waals surface area (Å²) in [7, 11) is 0. The monoisotopic (exact) mass is 150 g/mol. The van der Waals surface area contributed by atoms with E-state index >= 15 is 0 Å². The van der Waals surface area contributed by atoms with E-state index < -0.39 is 15.6 Å². The predicted molar refractivity (Wildman–Crippen MR) is 23.4 cm³/mol. The molecule has 1 aliphatic rings. The van der Waals surface area contributed by atoms with Gasteiger partial charge in [0.25, 0.3) is 0 Å². The van der Waals surface area contributed by atoms with Crippen LogP contribution in [-0.2, 0) is 0 Å². The van der Waals surface area contributed by atoms with E-state index in [1.807, 2.05) is 0 Å². The second-order valence-corrected chi connectivity index (χ2v) is 3.16. The second-order valence-electron chi connectivity index (χ2n) is 0.920. The molecular weight excluding hydrogens is 146 g/mol. The van der Waals surface area contributed by atoms with E-state index in [0.29, 0.717) is 6.54 Å². The molecular formula is C2H4AsFN2. The van der Waals surface area contributed by atoms with Crippen LogP contribution in [0.2, 0.25) is 0 Å². The fourth-order valence-electron chi connectivity index (χ4n) is 0.269. The van der Waals surface area contributed by atoms with E-state index in [9.17, 15) is 3.47 Å². The fraction of sp³-hybridized carbons (Fsp3) is 0.500. The maximum absolute atomic E-state index is 11.8. The van der Waals surface area contributed by atoms with Gasteiger partial charge >= 0.3 is 39.9 Å². The zero-order valence-corrected chi connectivity index (χ0v) is 4.93. The van der Waals surface area contributed by atoms with Gasteiger partial charge in [0.1, 0.15) is 0 Å². The number of rotatable bonds is 0. The van der Waals surface area contributed by atoms with E-state index in [1.165, 1.54) is 0 Å². The number of hydrogen-bond donors (Lipinski definition) is 1. The Balaban J connectivity index is 2.38. The Morgan fingerprint density at radius 2 is 2.83 bits per heavy atom. The van der Waals surface area contributed by atoms with Gasteiger partial charge in [0.05, 0.1) is 0 Å². The Hall–Kier alpha value is 0.118. The van der Waals surface area contributed by atoms with Crippen molar-refractivity contribution in [1.82, 2.24) is 4.23 Å². The number of nitrogens with zero attached hydrogens (tertiary/aromatic N) is 1. The van der Waals surface area contributed by atoms with E-state index in [4.69, 9.17) is 0 Å². The van der Waals surface area contributed by atoms with Crippen LogP contribution in [-0.4, -0.2) is 28.3 Å². The summed E-state index contributed by atoms with van der Waals surface area (Å²) in [6, 6.07) is 0. The van der Waals surface area contributed by atoms with Crippen LogP contribution in [0.25, 0.3) is 0 Å². The summed E-state index contributed by atoms with van der Waals surface area (Å²) in [5, 5.41) is 0. The molecule has 1 aliphatic heterocycles. The van der Waals surface area contributed by atoms with Crippen LogP contribution in [0.1, 0.15) is 0 Å². The molecule has 0 saturated carbocycles. The molecule has 0 saturated heterocycles. The van der Waals surface area contributed by atoms with Gasteiger partial charge in [-0.3, -0.25) is 0 Å². The minimum atomic E-state index is -2.28. The molecule has 1 rings (SSSR count). The molecule has 1 heterocycles. The molecule has 34 valence electrons. The summed E-state index contributed by atoms with van der Waals surface area (Å²) < 4.78 is 17.8. The molecule has 1 atom stereocenters. The van der Waals surface area contributed by atoms with Gasteiger partial charge in [-0.1, -0.05) is 0 Å². The van der Waals surface area contributed by atoms with E-state index in [1.54, 1.807) is 6.21 Å². The zero-order chi connectivity index (χ0) is 4.41. The van der Waals surface area contributed by atoms with Gasteiger partial charge in [0.2, 0.25) is 0 Å². The quantitative estimate of drug-likeness (QED) is 0.467. The molecule has 1 unspecified atom stereocenters. The van der Waals surface area contributed by atoms with Crippen LogP contribution in [0.15, 0.2) is 3.91 Å². The number of halogens is 1. The molecule has 1 N–H and O–H groups in total. The van der Waals surface area contributed by atoms with Gasteiger partial charge in [0, 0.05) is 0 Å². The second kappa shape index (κ2) is 1.71. The summed E-state index contributed by atoms with van der Waals surface area (Å²) in [6.45, 7) is 0.635. The maximum atomic E-state index is 11.8. The third kappa shape index (κ3) is 0.790. The Labute approximate surface area is 40.7 Å². The molecule has 2 nitrogen and oxygen atoms in total. The molecule has 0 aromatic rings. The van der Waals surface area contributed by atoms with E-state index in [2.05, 4.69) is 8.14 Å². The van der Waals surface area contributed by atoms with Crippen LogP contribution in [0, 0.1) is 0 Å². The van der Waals surface area contributed by atoms with Crippen molar-refractivity contribution < 1.29 is 3.47 Å². The first kappa shape index (κ1) is 4.28. The van der Waals surface area contributed by atoms with Crippen LogP contribution >= 0.6 is 0 Å². The van der Waals surface area contributed by atoms with Crippen molar-refractivity contribution in [3.8, 4) is 0 Å². The van der Waals surface area contributed by atoms with Crippen LogP contribution in [0.3, 0.4) is 0 Å². The number of nitrogens with one attached hydrogen (secondary N) is 1. The Morgan fingerprint density at radius 1 is 2.00 bits per heavy atom. The molecule has 0 aliphatic carbocycles. The predicted octanol–water partition coefficient (Wildman–Crippen LogP) is -0.385. The summed E-state index contributed by atoms with van der Waals surface area (Å²) in [6.07, 6.45) is 1.58. The molecule has 4 heteroatoms. The van der Waals surface area contributed by atoms with E-state index in [0.717, 1.165) is 0 Å².